The van der Waals surface area contributed by atoms with Crippen LogP contribution in [0.3, 0.4) is 0 Å². The normalized spacial score (nSPS) is 15.2. The summed E-state index contributed by atoms with van der Waals surface area (Å²) in [7, 11) is -4.37. The van der Waals surface area contributed by atoms with Crippen molar-refractivity contribution in [2.75, 3.05) is 19.8 Å². The highest BCUT2D eigenvalue weighted by atomic mass is 31.2. The second-order valence-corrected chi connectivity index (χ2v) is 14.9. The van der Waals surface area contributed by atoms with Crippen LogP contribution < -0.4 is 11.1 Å². The van der Waals surface area contributed by atoms with Gasteiger partial charge in [-0.25, -0.2) is 4.57 Å². The number of hydrogen-bond acceptors (Lipinski definition) is 6. The lowest BCUT2D eigenvalue weighted by Crippen LogP contribution is -2.45. The van der Waals surface area contributed by atoms with E-state index in [4.69, 9.17) is 14.8 Å². The fraction of sp³-hybridized carbons (Fsp3) is 0.587. The van der Waals surface area contributed by atoms with Gasteiger partial charge in [-0.15, -0.1) is 0 Å². The van der Waals surface area contributed by atoms with Crippen LogP contribution >= 0.6 is 7.82 Å². The highest BCUT2D eigenvalue weighted by Gasteiger charge is 2.26. The Kier molecular flexibility index (Phi) is 38.7. The van der Waals surface area contributed by atoms with Gasteiger partial charge in [-0.05, 0) is 96.3 Å². The molecule has 8 nitrogen and oxygen atoms in total. The number of aliphatic hydroxyl groups excluding tert-OH is 1. The van der Waals surface area contributed by atoms with Gasteiger partial charge in [-0.1, -0.05) is 149 Å². The SMILES string of the molecule is CC/C=C\C/C=C\C/C=C\C/C=C\C/C=C\C/C=C\CCCCC(=O)NC(COP(=O)(O)OCCN)C(O)/C=C/CC/C=C/CC/C=C/CCCCCCC. The molecule has 0 saturated heterocycles. The summed E-state index contributed by atoms with van der Waals surface area (Å²) in [4.78, 5) is 22.7. The summed E-state index contributed by atoms with van der Waals surface area (Å²) in [5.74, 6) is -0.257. The van der Waals surface area contributed by atoms with E-state index in [0.29, 0.717) is 6.42 Å². The van der Waals surface area contributed by atoms with Gasteiger partial charge >= 0.3 is 7.82 Å². The number of carbonyl (C=O) groups excluding carboxylic acids is 1. The molecule has 0 aliphatic carbocycles. The van der Waals surface area contributed by atoms with Crippen LogP contribution in [0.2, 0.25) is 0 Å². The number of allylic oxidation sites excluding steroid dienone is 17. The average molecular weight is 785 g/mol. The molecule has 0 aromatic rings. The molecule has 9 heteroatoms. The minimum absolute atomic E-state index is 0.0579. The van der Waals surface area contributed by atoms with Gasteiger partial charge in [-0.2, -0.15) is 0 Å². The van der Waals surface area contributed by atoms with E-state index in [2.05, 4.69) is 116 Å². The van der Waals surface area contributed by atoms with E-state index < -0.39 is 20.0 Å². The Bertz CT molecular complexity index is 1220. The third kappa shape index (κ3) is 39.2. The number of nitrogens with one attached hydrogen (secondary N) is 1. The highest BCUT2D eigenvalue weighted by molar-refractivity contribution is 7.47. The molecule has 0 aromatic carbocycles. The van der Waals surface area contributed by atoms with Crippen LogP contribution in [-0.2, 0) is 18.4 Å². The fourth-order valence-electron chi connectivity index (χ4n) is 5.16. The minimum atomic E-state index is -4.37. The number of carbonyl (C=O) groups is 1. The third-order valence-corrected chi connectivity index (χ3v) is 9.29. The topological polar surface area (TPSA) is 131 Å². The lowest BCUT2D eigenvalue weighted by molar-refractivity contribution is -0.123. The van der Waals surface area contributed by atoms with Crippen molar-refractivity contribution in [2.24, 2.45) is 5.73 Å². The van der Waals surface area contributed by atoms with Crippen molar-refractivity contribution in [1.29, 1.82) is 0 Å². The predicted octanol–water partition coefficient (Wildman–Crippen LogP) is 11.8. The van der Waals surface area contributed by atoms with Crippen LogP contribution in [0.5, 0.6) is 0 Å². The number of aliphatic hydroxyl groups is 1. The largest absolute Gasteiger partial charge is 0.472 e. The van der Waals surface area contributed by atoms with Gasteiger partial charge in [0.05, 0.1) is 25.4 Å². The number of unbranched alkanes of at least 4 members (excludes halogenated alkanes) is 9. The minimum Gasteiger partial charge on any atom is -0.387 e. The summed E-state index contributed by atoms with van der Waals surface area (Å²) in [6, 6.07) is -0.914. The van der Waals surface area contributed by atoms with Gasteiger partial charge in [-0.3, -0.25) is 13.8 Å². The molecule has 5 N–H and O–H groups in total. The van der Waals surface area contributed by atoms with E-state index >= 15 is 0 Å². The van der Waals surface area contributed by atoms with E-state index in [0.717, 1.165) is 83.5 Å². The van der Waals surface area contributed by atoms with Gasteiger partial charge < -0.3 is 21.1 Å². The molecule has 55 heavy (non-hydrogen) atoms. The quantitative estimate of drug-likeness (QED) is 0.0280. The molecule has 3 atom stereocenters. The predicted molar refractivity (Wildman–Crippen MR) is 235 cm³/mol. The standard InChI is InChI=1S/C46H77N2O6P/c1-3-5-7-9-11-13-15-17-19-20-21-22-23-24-26-28-30-32-34-36-38-40-46(50)48-44(43-54-55(51,52)53-42-41-47)45(49)39-37-35-33-31-29-27-25-18-16-14-12-10-8-6-4-2/h5,7,11,13,16-19,21-22,24,26,29-32,37,39,44-45,49H,3-4,6,8-10,12,14-15,20,23,25,27-28,33-36,38,40-43,47H2,1-2H3,(H,48,50)(H,51,52)/b7-5-,13-11-,18-16+,19-17-,22-21-,26-24-,31-29+,32-30-,39-37+. The van der Waals surface area contributed by atoms with Gasteiger partial charge in [0.25, 0.3) is 0 Å². The molecule has 0 aliphatic rings. The van der Waals surface area contributed by atoms with Crippen molar-refractivity contribution in [2.45, 2.75) is 154 Å². The number of phosphoric ester groups is 1. The molecular weight excluding hydrogens is 707 g/mol. The zero-order chi connectivity index (χ0) is 40.3. The first-order chi connectivity index (χ1) is 26.9. The molecule has 0 radical (unpaired) electrons. The van der Waals surface area contributed by atoms with E-state index in [1.54, 1.807) is 6.08 Å². The Morgan fingerprint density at radius 3 is 1.60 bits per heavy atom. The molecule has 0 rings (SSSR count). The summed E-state index contributed by atoms with van der Waals surface area (Å²) in [6.45, 7) is 3.91. The van der Waals surface area contributed by atoms with Crippen LogP contribution in [0, 0.1) is 0 Å². The summed E-state index contributed by atoms with van der Waals surface area (Å²) < 4.78 is 22.1. The molecule has 0 fully saturated rings. The van der Waals surface area contributed by atoms with E-state index in [-0.39, 0.29) is 32.1 Å². The Morgan fingerprint density at radius 2 is 1.07 bits per heavy atom. The Hall–Kier alpha value is -2.84. The maximum absolute atomic E-state index is 12.7. The average Bonchev–Trinajstić information content (AvgIpc) is 3.17. The summed E-state index contributed by atoms with van der Waals surface area (Å²) >= 11 is 0. The first kappa shape index (κ1) is 52.2. The molecule has 0 heterocycles. The van der Waals surface area contributed by atoms with Gasteiger partial charge in [0, 0.05) is 13.0 Å². The third-order valence-electron chi connectivity index (χ3n) is 8.31. The van der Waals surface area contributed by atoms with E-state index in [1.165, 1.54) is 32.1 Å². The van der Waals surface area contributed by atoms with Gasteiger partial charge in [0.1, 0.15) is 0 Å². The molecule has 0 aromatic heterocycles. The van der Waals surface area contributed by atoms with Crippen LogP contribution in [0.4, 0.5) is 0 Å². The Morgan fingerprint density at radius 1 is 0.618 bits per heavy atom. The fourth-order valence-corrected chi connectivity index (χ4v) is 5.92. The summed E-state index contributed by atoms with van der Waals surface area (Å²) in [5.41, 5.74) is 5.36. The van der Waals surface area contributed by atoms with Crippen LogP contribution in [0.1, 0.15) is 142 Å². The number of nitrogens with two attached hydrogens (primary N) is 1. The molecular formula is C46H77N2O6P. The zero-order valence-electron chi connectivity index (χ0n) is 34.4. The zero-order valence-corrected chi connectivity index (χ0v) is 35.3. The van der Waals surface area contributed by atoms with Crippen molar-refractivity contribution in [3.8, 4) is 0 Å². The van der Waals surface area contributed by atoms with Gasteiger partial charge in [0.15, 0.2) is 0 Å². The molecule has 0 bridgehead atoms. The van der Waals surface area contributed by atoms with E-state index in [9.17, 15) is 19.4 Å². The smallest absolute Gasteiger partial charge is 0.387 e. The lowest BCUT2D eigenvalue weighted by atomic mass is 10.1. The number of hydrogen-bond donors (Lipinski definition) is 4. The van der Waals surface area contributed by atoms with Crippen LogP contribution in [-0.4, -0.2) is 47.8 Å². The van der Waals surface area contributed by atoms with Crippen molar-refractivity contribution in [3.63, 3.8) is 0 Å². The second kappa shape index (κ2) is 40.8. The number of phosphoric acid groups is 1. The molecule has 312 valence electrons. The lowest BCUT2D eigenvalue weighted by Gasteiger charge is -2.23. The summed E-state index contributed by atoms with van der Waals surface area (Å²) in [6.07, 6.45) is 57.1. The Balaban J connectivity index is 4.44. The molecule has 3 unspecified atom stereocenters. The molecule has 0 saturated carbocycles. The van der Waals surface area contributed by atoms with Crippen molar-refractivity contribution < 1.29 is 28.4 Å². The monoisotopic (exact) mass is 785 g/mol. The molecule has 1 amide bonds. The highest BCUT2D eigenvalue weighted by Crippen LogP contribution is 2.43. The molecule has 0 aliphatic heterocycles. The van der Waals surface area contributed by atoms with Gasteiger partial charge in [0.2, 0.25) is 5.91 Å². The maximum Gasteiger partial charge on any atom is 0.472 e. The van der Waals surface area contributed by atoms with Crippen molar-refractivity contribution in [1.82, 2.24) is 5.32 Å². The molecule has 0 spiro atoms. The first-order valence-corrected chi connectivity index (χ1v) is 22.5. The summed E-state index contributed by atoms with van der Waals surface area (Å²) in [5, 5.41) is 13.6. The van der Waals surface area contributed by atoms with Crippen LogP contribution in [0.25, 0.3) is 0 Å². The Labute approximate surface area is 335 Å². The van der Waals surface area contributed by atoms with Crippen molar-refractivity contribution >= 4 is 13.7 Å². The van der Waals surface area contributed by atoms with E-state index in [1.807, 2.05) is 6.08 Å². The van der Waals surface area contributed by atoms with Crippen molar-refractivity contribution in [3.05, 3.63) is 109 Å². The number of rotatable bonds is 37. The number of amides is 1. The maximum atomic E-state index is 12.7. The second-order valence-electron chi connectivity index (χ2n) is 13.4. The van der Waals surface area contributed by atoms with Crippen LogP contribution in [0.15, 0.2) is 109 Å². The first-order valence-electron chi connectivity index (χ1n) is 21.0.